The minimum Gasteiger partial charge on any atom is -0.456 e. The average Bonchev–Trinajstić information content (AvgIpc) is 3.35. The fourth-order valence-corrected chi connectivity index (χ4v) is 4.24. The zero-order valence-electron chi connectivity index (χ0n) is 20.4. The van der Waals surface area contributed by atoms with Gasteiger partial charge in [0.2, 0.25) is 0 Å². The topological polar surface area (TPSA) is 88.5 Å². The highest BCUT2D eigenvalue weighted by Gasteiger charge is 2.55. The van der Waals surface area contributed by atoms with Gasteiger partial charge in [-0.05, 0) is 60.5 Å². The lowest BCUT2D eigenvalue weighted by molar-refractivity contribution is -0.183. The summed E-state index contributed by atoms with van der Waals surface area (Å²) >= 11 is 6.47. The van der Waals surface area contributed by atoms with E-state index in [-0.39, 0.29) is 24.2 Å². The molecule has 32 heavy (non-hydrogen) atoms. The summed E-state index contributed by atoms with van der Waals surface area (Å²) in [5.41, 5.74) is 0.325. The van der Waals surface area contributed by atoms with Crippen LogP contribution < -0.4 is 0 Å². The normalized spacial score (nSPS) is 35.9. The molecule has 2 N–H and O–H groups in total. The van der Waals surface area contributed by atoms with Crippen molar-refractivity contribution in [1.82, 2.24) is 0 Å². The number of hydrogen-bond acceptors (Lipinski definition) is 6. The van der Waals surface area contributed by atoms with Crippen LogP contribution in [0.2, 0.25) is 0 Å². The molecule has 2 fully saturated rings. The summed E-state index contributed by atoms with van der Waals surface area (Å²) in [6.07, 6.45) is 1.76. The van der Waals surface area contributed by atoms with Gasteiger partial charge in [-0.1, -0.05) is 24.3 Å². The fourth-order valence-electron chi connectivity index (χ4n) is 3.92. The number of halogens is 1. The molecule has 1 saturated heterocycles. The second-order valence-corrected chi connectivity index (χ2v) is 10.3. The molecular formula is C25H39ClO6. The second kappa shape index (κ2) is 10.4. The van der Waals surface area contributed by atoms with Crippen LogP contribution in [0.5, 0.6) is 0 Å². The summed E-state index contributed by atoms with van der Waals surface area (Å²) in [6.45, 7) is 17.5. The highest BCUT2D eigenvalue weighted by atomic mass is 35.5. The van der Waals surface area contributed by atoms with Gasteiger partial charge in [-0.15, -0.1) is 11.6 Å². The number of aliphatic hydroxyl groups is 2. The lowest BCUT2D eigenvalue weighted by Gasteiger charge is -2.47. The van der Waals surface area contributed by atoms with E-state index >= 15 is 0 Å². The Morgan fingerprint density at radius 3 is 2.38 bits per heavy atom. The van der Waals surface area contributed by atoms with E-state index in [0.717, 1.165) is 5.57 Å². The van der Waals surface area contributed by atoms with Crippen LogP contribution in [0.1, 0.15) is 61.3 Å². The van der Waals surface area contributed by atoms with Crippen LogP contribution in [-0.2, 0) is 19.0 Å². The van der Waals surface area contributed by atoms with E-state index in [1.165, 1.54) is 6.92 Å². The van der Waals surface area contributed by atoms with Crippen LogP contribution in [0, 0.1) is 5.92 Å². The van der Waals surface area contributed by atoms with E-state index in [1.54, 1.807) is 19.9 Å². The Morgan fingerprint density at radius 1 is 1.28 bits per heavy atom. The number of esters is 1. The SMILES string of the molecule is C=C(C(CC1OC1(C)C)OC/C(C)=C\C)[C@H]1C[C@H](Cl)[C@@](C)(O)[C@@H](O)[C@H]1OC(=O)/C(C)=C\C. The Hall–Kier alpha value is -1.18. The highest BCUT2D eigenvalue weighted by Crippen LogP contribution is 2.45. The Balaban J connectivity index is 2.32. The van der Waals surface area contributed by atoms with Crippen molar-refractivity contribution in [2.24, 2.45) is 5.92 Å². The zero-order valence-corrected chi connectivity index (χ0v) is 21.1. The average molecular weight is 471 g/mol. The van der Waals surface area contributed by atoms with Crippen molar-refractivity contribution in [2.75, 3.05) is 6.61 Å². The third kappa shape index (κ3) is 6.03. The number of carbonyl (C=O) groups excluding carboxylic acids is 1. The number of aliphatic hydroxyl groups excluding tert-OH is 1. The van der Waals surface area contributed by atoms with Gasteiger partial charge in [-0.2, -0.15) is 0 Å². The summed E-state index contributed by atoms with van der Waals surface area (Å²) in [4.78, 5) is 12.5. The second-order valence-electron chi connectivity index (χ2n) is 9.78. The summed E-state index contributed by atoms with van der Waals surface area (Å²) in [6, 6.07) is 0. The number of epoxide rings is 1. The standard InChI is InChI=1S/C25H39ClO6/c1-9-14(3)13-30-18(12-20-24(6,7)32-20)16(5)17-11-19(26)25(8,29)22(27)21(17)31-23(28)15(4)10-2/h9-10,17-22,27,29H,5,11-13H2,1-4,6-8H3/b14-9-,15-10-/t17-,18?,19+,20?,21+,22+,25-/m1/s1. The van der Waals surface area contributed by atoms with Crippen molar-refractivity contribution < 1.29 is 29.2 Å². The number of carbonyl (C=O) groups is 1. The maximum Gasteiger partial charge on any atom is 0.333 e. The Kier molecular flexibility index (Phi) is 8.79. The van der Waals surface area contributed by atoms with Gasteiger partial charge in [0, 0.05) is 17.9 Å². The van der Waals surface area contributed by atoms with Crippen molar-refractivity contribution in [3.8, 4) is 0 Å². The first kappa shape index (κ1) is 27.1. The molecule has 7 atom stereocenters. The summed E-state index contributed by atoms with van der Waals surface area (Å²) in [5, 5.41) is 21.0. The third-order valence-corrected chi connectivity index (χ3v) is 7.51. The van der Waals surface area contributed by atoms with Crippen molar-refractivity contribution in [3.05, 3.63) is 35.5 Å². The summed E-state index contributed by atoms with van der Waals surface area (Å²) in [7, 11) is 0. The van der Waals surface area contributed by atoms with Crippen molar-refractivity contribution in [1.29, 1.82) is 0 Å². The first-order valence-electron chi connectivity index (χ1n) is 11.2. The molecule has 182 valence electrons. The highest BCUT2D eigenvalue weighted by molar-refractivity contribution is 6.21. The summed E-state index contributed by atoms with van der Waals surface area (Å²) in [5.74, 6) is -1.04. The molecular weight excluding hydrogens is 432 g/mol. The molecule has 0 spiro atoms. The maximum absolute atomic E-state index is 12.5. The molecule has 1 saturated carbocycles. The van der Waals surface area contributed by atoms with Gasteiger partial charge < -0.3 is 24.4 Å². The van der Waals surface area contributed by atoms with Gasteiger partial charge in [0.05, 0.1) is 29.8 Å². The Morgan fingerprint density at radius 2 is 1.88 bits per heavy atom. The lowest BCUT2D eigenvalue weighted by atomic mass is 9.71. The first-order valence-corrected chi connectivity index (χ1v) is 11.7. The van der Waals surface area contributed by atoms with Crippen molar-refractivity contribution >= 4 is 17.6 Å². The predicted molar refractivity (Wildman–Crippen MR) is 126 cm³/mol. The lowest BCUT2D eigenvalue weighted by Crippen LogP contribution is -2.61. The van der Waals surface area contributed by atoms with Crippen LogP contribution in [0.25, 0.3) is 0 Å². The first-order chi connectivity index (χ1) is 14.8. The van der Waals surface area contributed by atoms with Gasteiger partial charge in [0.1, 0.15) is 17.8 Å². The van der Waals surface area contributed by atoms with Crippen LogP contribution in [0.15, 0.2) is 35.5 Å². The smallest absolute Gasteiger partial charge is 0.333 e. The number of allylic oxidation sites excluding steroid dienone is 2. The molecule has 7 heteroatoms. The molecule has 2 aliphatic rings. The Bertz CT molecular complexity index is 768. The van der Waals surface area contributed by atoms with E-state index in [2.05, 4.69) is 6.58 Å². The summed E-state index contributed by atoms with van der Waals surface area (Å²) < 4.78 is 17.7. The van der Waals surface area contributed by atoms with E-state index in [4.69, 9.17) is 25.8 Å². The number of hydrogen-bond donors (Lipinski definition) is 2. The molecule has 1 heterocycles. The van der Waals surface area contributed by atoms with Gasteiger partial charge in [-0.25, -0.2) is 4.79 Å². The molecule has 1 aliphatic heterocycles. The van der Waals surface area contributed by atoms with Gasteiger partial charge in [0.25, 0.3) is 0 Å². The molecule has 6 nitrogen and oxygen atoms in total. The van der Waals surface area contributed by atoms with Crippen molar-refractivity contribution in [3.63, 3.8) is 0 Å². The predicted octanol–water partition coefficient (Wildman–Crippen LogP) is 4.08. The van der Waals surface area contributed by atoms with Gasteiger partial charge in [0.15, 0.2) is 0 Å². The molecule has 0 radical (unpaired) electrons. The largest absolute Gasteiger partial charge is 0.456 e. The van der Waals surface area contributed by atoms with E-state index in [1.807, 2.05) is 33.8 Å². The molecule has 0 aromatic carbocycles. The number of ether oxygens (including phenoxy) is 3. The van der Waals surface area contributed by atoms with Crippen LogP contribution in [0.3, 0.4) is 0 Å². The van der Waals surface area contributed by atoms with E-state index < -0.39 is 35.1 Å². The maximum atomic E-state index is 12.5. The van der Waals surface area contributed by atoms with Crippen LogP contribution in [0.4, 0.5) is 0 Å². The minimum atomic E-state index is -1.62. The van der Waals surface area contributed by atoms with Crippen molar-refractivity contribution in [2.45, 2.75) is 102 Å². The third-order valence-electron chi connectivity index (χ3n) is 6.89. The number of alkyl halides is 1. The van der Waals surface area contributed by atoms with Crippen LogP contribution >= 0.6 is 11.6 Å². The minimum absolute atomic E-state index is 0.0184. The van der Waals surface area contributed by atoms with Gasteiger partial charge in [-0.3, -0.25) is 0 Å². The molecule has 2 rings (SSSR count). The molecule has 1 aliphatic carbocycles. The van der Waals surface area contributed by atoms with E-state index in [0.29, 0.717) is 24.2 Å². The quantitative estimate of drug-likeness (QED) is 0.173. The van der Waals surface area contributed by atoms with E-state index in [9.17, 15) is 15.0 Å². The zero-order chi connectivity index (χ0) is 24.4. The molecule has 0 aromatic heterocycles. The fraction of sp³-hybridized carbons (Fsp3) is 0.720. The molecule has 0 aromatic rings. The van der Waals surface area contributed by atoms with Crippen LogP contribution in [-0.4, -0.2) is 63.8 Å². The number of rotatable bonds is 9. The monoisotopic (exact) mass is 470 g/mol. The molecule has 2 unspecified atom stereocenters. The van der Waals surface area contributed by atoms with Gasteiger partial charge >= 0.3 is 5.97 Å². The molecule has 0 bridgehead atoms. The Labute approximate surface area is 197 Å². The molecule has 0 amide bonds.